The van der Waals surface area contributed by atoms with Crippen molar-refractivity contribution in [3.8, 4) is 5.75 Å². The predicted octanol–water partition coefficient (Wildman–Crippen LogP) is 3.33. The average Bonchev–Trinajstić information content (AvgIpc) is 2.71. The molecule has 1 amide bonds. The van der Waals surface area contributed by atoms with Gasteiger partial charge in [-0.2, -0.15) is 0 Å². The van der Waals surface area contributed by atoms with Crippen molar-refractivity contribution in [1.82, 2.24) is 5.32 Å². The van der Waals surface area contributed by atoms with Crippen LogP contribution >= 0.6 is 0 Å². The van der Waals surface area contributed by atoms with E-state index in [-0.39, 0.29) is 17.8 Å². The Morgan fingerprint density at radius 2 is 1.90 bits per heavy atom. The van der Waals surface area contributed by atoms with Gasteiger partial charge in [-0.3, -0.25) is 19.2 Å². The van der Waals surface area contributed by atoms with Crippen molar-refractivity contribution in [3.05, 3.63) is 63.7 Å². The summed E-state index contributed by atoms with van der Waals surface area (Å²) in [6.45, 7) is 5.09. The van der Waals surface area contributed by atoms with Crippen molar-refractivity contribution < 1.29 is 22.9 Å². The topological polar surface area (TPSA) is 119 Å². The molecule has 0 bridgehead atoms. The summed E-state index contributed by atoms with van der Waals surface area (Å²) in [6.07, 6.45) is 1.14. The summed E-state index contributed by atoms with van der Waals surface area (Å²) in [5.41, 5.74) is 1.08. The van der Waals surface area contributed by atoms with E-state index in [1.54, 1.807) is 26.8 Å². The number of para-hydroxylation sites is 1. The number of nitro benzene ring substituents is 1. The lowest BCUT2D eigenvalue weighted by atomic mass is 10.1. The molecule has 10 heteroatoms. The molecular weight excluding hydrogens is 422 g/mol. The van der Waals surface area contributed by atoms with Crippen LogP contribution in [0.15, 0.2) is 42.5 Å². The molecule has 0 aliphatic rings. The number of non-ortho nitro benzene ring substituents is 1. The molecule has 0 saturated carbocycles. The second-order valence-electron chi connectivity index (χ2n) is 7.18. The third-order valence-electron chi connectivity index (χ3n) is 4.93. The minimum atomic E-state index is -3.93. The van der Waals surface area contributed by atoms with E-state index in [4.69, 9.17) is 4.74 Å². The smallest absolute Gasteiger partial charge is 0.271 e. The van der Waals surface area contributed by atoms with Crippen molar-refractivity contribution in [2.24, 2.45) is 0 Å². The van der Waals surface area contributed by atoms with Crippen LogP contribution in [0.25, 0.3) is 0 Å². The second kappa shape index (κ2) is 9.78. The number of carbonyl (C=O) groups excluding carboxylic acids is 1. The number of sulfonamides is 1. The van der Waals surface area contributed by atoms with Crippen molar-refractivity contribution in [2.75, 3.05) is 17.7 Å². The van der Waals surface area contributed by atoms with Crippen LogP contribution in [0.1, 0.15) is 37.4 Å². The first-order valence-electron chi connectivity index (χ1n) is 9.69. The Labute approximate surface area is 182 Å². The summed E-state index contributed by atoms with van der Waals surface area (Å²) in [5.74, 6) is 0.0788. The van der Waals surface area contributed by atoms with E-state index in [0.717, 1.165) is 16.1 Å². The first-order chi connectivity index (χ1) is 14.5. The zero-order valence-corrected chi connectivity index (χ0v) is 19.0. The molecule has 9 nitrogen and oxygen atoms in total. The molecule has 0 radical (unpaired) electrons. The monoisotopic (exact) mass is 449 g/mol. The number of hydrogen-bond donors (Lipinski definition) is 1. The molecule has 0 saturated heterocycles. The van der Waals surface area contributed by atoms with Crippen LogP contribution < -0.4 is 14.4 Å². The molecule has 0 spiro atoms. The Hall–Kier alpha value is -3.14. The van der Waals surface area contributed by atoms with Crippen LogP contribution in [0.5, 0.6) is 5.75 Å². The first-order valence-corrected chi connectivity index (χ1v) is 11.5. The molecule has 1 N–H and O–H groups in total. The minimum absolute atomic E-state index is 0.101. The number of carbonyl (C=O) groups is 1. The Bertz CT molecular complexity index is 1070. The van der Waals surface area contributed by atoms with Gasteiger partial charge in [-0.25, -0.2) is 8.42 Å². The maximum absolute atomic E-state index is 13.2. The van der Waals surface area contributed by atoms with Crippen LogP contribution in [0.4, 0.5) is 11.4 Å². The lowest BCUT2D eigenvalue weighted by molar-refractivity contribution is -0.384. The molecule has 0 aliphatic carbocycles. The molecule has 0 fully saturated rings. The highest BCUT2D eigenvalue weighted by Gasteiger charge is 2.34. The number of hydrogen-bond acceptors (Lipinski definition) is 6. The SMILES string of the molecule is CC[C@H](C(=O)N[C@H](C)c1ccccc1OC)N(c1cc([N+](=O)[O-])ccc1C)S(C)(=O)=O. The molecule has 0 heterocycles. The standard InChI is InChI=1S/C21H27N3O6S/c1-6-18(21(25)22-15(3)17-9-7-8-10-20(17)30-4)23(31(5,28)29)19-13-16(24(26)27)12-11-14(19)2/h7-13,15,18H,6H2,1-5H3,(H,22,25)/t15-,18-/m1/s1. The number of nitrogens with zero attached hydrogens (tertiary/aromatic N) is 2. The fourth-order valence-electron chi connectivity index (χ4n) is 3.40. The van der Waals surface area contributed by atoms with Gasteiger partial charge in [-0.15, -0.1) is 0 Å². The molecular formula is C21H27N3O6S. The van der Waals surface area contributed by atoms with E-state index < -0.39 is 32.9 Å². The van der Waals surface area contributed by atoms with E-state index in [1.807, 2.05) is 18.2 Å². The summed E-state index contributed by atoms with van der Waals surface area (Å²) in [5, 5.41) is 14.1. The van der Waals surface area contributed by atoms with Gasteiger partial charge in [-0.05, 0) is 31.9 Å². The summed E-state index contributed by atoms with van der Waals surface area (Å²) < 4.78 is 31.7. The van der Waals surface area contributed by atoms with Gasteiger partial charge in [0.2, 0.25) is 15.9 Å². The van der Waals surface area contributed by atoms with Gasteiger partial charge in [0.1, 0.15) is 11.8 Å². The highest BCUT2D eigenvalue weighted by molar-refractivity contribution is 7.92. The van der Waals surface area contributed by atoms with Crippen molar-refractivity contribution >= 4 is 27.3 Å². The molecule has 168 valence electrons. The van der Waals surface area contributed by atoms with E-state index >= 15 is 0 Å². The van der Waals surface area contributed by atoms with Crippen molar-refractivity contribution in [3.63, 3.8) is 0 Å². The van der Waals surface area contributed by atoms with Crippen LogP contribution in [0.2, 0.25) is 0 Å². The zero-order chi connectivity index (χ0) is 23.3. The van der Waals surface area contributed by atoms with Gasteiger partial charge in [-0.1, -0.05) is 31.2 Å². The average molecular weight is 450 g/mol. The minimum Gasteiger partial charge on any atom is -0.496 e. The van der Waals surface area contributed by atoms with Gasteiger partial charge in [0.05, 0.1) is 30.0 Å². The lowest BCUT2D eigenvalue weighted by Gasteiger charge is -2.32. The molecule has 31 heavy (non-hydrogen) atoms. The summed E-state index contributed by atoms with van der Waals surface area (Å²) in [4.78, 5) is 23.8. The summed E-state index contributed by atoms with van der Waals surface area (Å²) in [7, 11) is -2.40. The molecule has 2 atom stereocenters. The largest absolute Gasteiger partial charge is 0.496 e. The van der Waals surface area contributed by atoms with E-state index in [9.17, 15) is 23.3 Å². The Balaban J connectivity index is 2.45. The van der Waals surface area contributed by atoms with Crippen molar-refractivity contribution in [2.45, 2.75) is 39.3 Å². The van der Waals surface area contributed by atoms with Gasteiger partial charge < -0.3 is 10.1 Å². The third-order valence-corrected chi connectivity index (χ3v) is 6.10. The van der Waals surface area contributed by atoms with Gasteiger partial charge in [0, 0.05) is 17.7 Å². The number of aryl methyl sites for hydroxylation is 1. The van der Waals surface area contributed by atoms with E-state index in [1.165, 1.54) is 25.3 Å². The zero-order valence-electron chi connectivity index (χ0n) is 18.2. The third kappa shape index (κ3) is 5.52. The van der Waals surface area contributed by atoms with Crippen LogP contribution in [-0.2, 0) is 14.8 Å². The number of nitrogens with one attached hydrogen (secondary N) is 1. The van der Waals surface area contributed by atoms with Crippen LogP contribution in [0.3, 0.4) is 0 Å². The normalized spacial score (nSPS) is 13.2. The number of amides is 1. The first kappa shape index (κ1) is 24.1. The van der Waals surface area contributed by atoms with Crippen molar-refractivity contribution in [1.29, 1.82) is 0 Å². The number of methoxy groups -OCH3 is 1. The number of rotatable bonds is 9. The van der Waals surface area contributed by atoms with Gasteiger partial charge in [0.15, 0.2) is 0 Å². The number of nitro groups is 1. The Morgan fingerprint density at radius 3 is 2.45 bits per heavy atom. The van der Waals surface area contributed by atoms with E-state index in [2.05, 4.69) is 5.32 Å². The highest BCUT2D eigenvalue weighted by atomic mass is 32.2. The predicted molar refractivity (Wildman–Crippen MR) is 119 cm³/mol. The molecule has 0 unspecified atom stereocenters. The highest BCUT2D eigenvalue weighted by Crippen LogP contribution is 2.31. The number of anilines is 1. The van der Waals surface area contributed by atoms with Gasteiger partial charge in [0.25, 0.3) is 5.69 Å². The molecule has 2 rings (SSSR count). The van der Waals surface area contributed by atoms with Gasteiger partial charge >= 0.3 is 0 Å². The maximum Gasteiger partial charge on any atom is 0.271 e. The molecule has 2 aromatic carbocycles. The quantitative estimate of drug-likeness (QED) is 0.463. The van der Waals surface area contributed by atoms with E-state index in [0.29, 0.717) is 11.3 Å². The number of benzene rings is 2. The Morgan fingerprint density at radius 1 is 1.26 bits per heavy atom. The summed E-state index contributed by atoms with van der Waals surface area (Å²) >= 11 is 0. The van der Waals surface area contributed by atoms with Crippen LogP contribution in [0, 0.1) is 17.0 Å². The molecule has 2 aromatic rings. The fourth-order valence-corrected chi connectivity index (χ4v) is 4.66. The lowest BCUT2D eigenvalue weighted by Crippen LogP contribution is -2.50. The fraction of sp³-hybridized carbons (Fsp3) is 0.381. The maximum atomic E-state index is 13.2. The molecule has 0 aromatic heterocycles. The molecule has 0 aliphatic heterocycles. The summed E-state index contributed by atoms with van der Waals surface area (Å²) in [6, 6.07) is 9.59. The van der Waals surface area contributed by atoms with Crippen LogP contribution in [-0.4, -0.2) is 38.7 Å². The number of ether oxygens (including phenoxy) is 1. The second-order valence-corrected chi connectivity index (χ2v) is 9.04. The Kier molecular flexibility index (Phi) is 7.61.